The number of likely N-dealkylation sites (tertiary alicyclic amines) is 1. The number of hydrogen-bond donors (Lipinski definition) is 1. The van der Waals surface area contributed by atoms with Gasteiger partial charge in [0.05, 0.1) is 10.9 Å². The summed E-state index contributed by atoms with van der Waals surface area (Å²) >= 11 is 1.60. The molecule has 1 amide bonds. The van der Waals surface area contributed by atoms with Crippen LogP contribution in [0.4, 0.5) is 5.69 Å². The maximum Gasteiger partial charge on any atom is 0.244 e. The molecule has 27 heavy (non-hydrogen) atoms. The van der Waals surface area contributed by atoms with E-state index >= 15 is 0 Å². The largest absolute Gasteiger partial charge is 0.337 e. The van der Waals surface area contributed by atoms with E-state index in [1.165, 1.54) is 0 Å². The Bertz CT molecular complexity index is 871. The van der Waals surface area contributed by atoms with Crippen LogP contribution in [-0.2, 0) is 4.79 Å². The summed E-state index contributed by atoms with van der Waals surface area (Å²) in [6, 6.07) is 13.6. The van der Waals surface area contributed by atoms with Crippen molar-refractivity contribution in [3.8, 4) is 10.7 Å². The standard InChI is InChI=1S/C20H22N4O2S/c1-14(20-22-18(23-26-20)17-8-5-13-27-17)24-11-9-15(10-12-24)19(25)21-16-6-3-2-4-7-16/h2-8,13-15H,9-12H2,1H3,(H,21,25)/t14-/m0/s1. The van der Waals surface area contributed by atoms with Crippen molar-refractivity contribution in [1.29, 1.82) is 0 Å². The SMILES string of the molecule is C[C@@H](c1nc(-c2cccs2)no1)N1CCC(C(=O)Nc2ccccc2)CC1. The van der Waals surface area contributed by atoms with Crippen LogP contribution >= 0.6 is 11.3 Å². The lowest BCUT2D eigenvalue weighted by Gasteiger charge is -2.33. The Hall–Kier alpha value is -2.51. The van der Waals surface area contributed by atoms with Crippen molar-refractivity contribution in [3.63, 3.8) is 0 Å². The molecule has 1 aromatic carbocycles. The third-order valence-corrected chi connectivity index (χ3v) is 5.90. The monoisotopic (exact) mass is 382 g/mol. The topological polar surface area (TPSA) is 71.3 Å². The van der Waals surface area contributed by atoms with Gasteiger partial charge >= 0.3 is 0 Å². The molecule has 0 unspecified atom stereocenters. The zero-order valence-electron chi connectivity index (χ0n) is 15.2. The second-order valence-electron chi connectivity index (χ2n) is 6.78. The third-order valence-electron chi connectivity index (χ3n) is 5.03. The highest BCUT2D eigenvalue weighted by Crippen LogP contribution is 2.28. The lowest BCUT2D eigenvalue weighted by Crippen LogP contribution is -2.39. The molecule has 4 rings (SSSR count). The van der Waals surface area contributed by atoms with Gasteiger partial charge in [-0.05, 0) is 56.4 Å². The van der Waals surface area contributed by atoms with E-state index in [2.05, 4.69) is 27.3 Å². The Balaban J connectivity index is 1.33. The number of nitrogens with one attached hydrogen (secondary N) is 1. The highest BCUT2D eigenvalue weighted by Gasteiger charge is 2.30. The minimum Gasteiger partial charge on any atom is -0.337 e. The van der Waals surface area contributed by atoms with Crippen molar-refractivity contribution >= 4 is 22.9 Å². The average molecular weight is 382 g/mol. The first kappa shape index (κ1) is 17.9. The molecule has 0 saturated carbocycles. The molecule has 2 aromatic heterocycles. The van der Waals surface area contributed by atoms with Gasteiger partial charge in [0.2, 0.25) is 17.6 Å². The highest BCUT2D eigenvalue weighted by molar-refractivity contribution is 7.13. The van der Waals surface area contributed by atoms with Crippen LogP contribution in [0.3, 0.4) is 0 Å². The first-order chi connectivity index (χ1) is 13.2. The smallest absolute Gasteiger partial charge is 0.244 e. The van der Waals surface area contributed by atoms with Gasteiger partial charge in [0.25, 0.3) is 0 Å². The summed E-state index contributed by atoms with van der Waals surface area (Å²) < 4.78 is 5.48. The molecule has 140 valence electrons. The number of hydrogen-bond acceptors (Lipinski definition) is 6. The van der Waals surface area contributed by atoms with Crippen molar-refractivity contribution < 1.29 is 9.32 Å². The average Bonchev–Trinajstić information content (AvgIpc) is 3.40. The molecule has 1 fully saturated rings. The van der Waals surface area contributed by atoms with Gasteiger partial charge in [-0.2, -0.15) is 4.98 Å². The van der Waals surface area contributed by atoms with Crippen molar-refractivity contribution in [2.75, 3.05) is 18.4 Å². The number of carbonyl (C=O) groups is 1. The van der Waals surface area contributed by atoms with E-state index < -0.39 is 0 Å². The molecule has 7 heteroatoms. The fourth-order valence-electron chi connectivity index (χ4n) is 3.38. The number of para-hydroxylation sites is 1. The molecule has 3 heterocycles. The Kier molecular flexibility index (Phi) is 5.31. The summed E-state index contributed by atoms with van der Waals surface area (Å²) in [6.45, 7) is 3.76. The van der Waals surface area contributed by atoms with E-state index in [1.54, 1.807) is 11.3 Å². The van der Waals surface area contributed by atoms with E-state index in [0.717, 1.165) is 36.5 Å². The van der Waals surface area contributed by atoms with E-state index in [0.29, 0.717) is 11.7 Å². The quantitative estimate of drug-likeness (QED) is 0.716. The van der Waals surface area contributed by atoms with Crippen molar-refractivity contribution in [2.45, 2.75) is 25.8 Å². The second-order valence-corrected chi connectivity index (χ2v) is 7.72. The molecule has 1 atom stereocenters. The number of benzene rings is 1. The number of aromatic nitrogens is 2. The Morgan fingerprint density at radius 3 is 2.70 bits per heavy atom. The number of piperidine rings is 1. The van der Waals surface area contributed by atoms with Crippen LogP contribution in [0.2, 0.25) is 0 Å². The first-order valence-electron chi connectivity index (χ1n) is 9.18. The molecule has 6 nitrogen and oxygen atoms in total. The molecule has 1 aliphatic heterocycles. The van der Waals surface area contributed by atoms with E-state index in [4.69, 9.17) is 4.52 Å². The number of nitrogens with zero attached hydrogens (tertiary/aromatic N) is 3. The zero-order valence-corrected chi connectivity index (χ0v) is 16.0. The van der Waals surface area contributed by atoms with Gasteiger partial charge in [-0.3, -0.25) is 9.69 Å². The lowest BCUT2D eigenvalue weighted by molar-refractivity contribution is -0.121. The molecule has 0 radical (unpaired) electrons. The first-order valence-corrected chi connectivity index (χ1v) is 10.1. The van der Waals surface area contributed by atoms with E-state index in [1.807, 2.05) is 47.8 Å². The van der Waals surface area contributed by atoms with Gasteiger partial charge in [0.15, 0.2) is 0 Å². The summed E-state index contributed by atoms with van der Waals surface area (Å²) in [5, 5.41) is 9.11. The minimum atomic E-state index is 0.0398. The summed E-state index contributed by atoms with van der Waals surface area (Å²) in [6.07, 6.45) is 1.66. The highest BCUT2D eigenvalue weighted by atomic mass is 32.1. The molecule has 1 N–H and O–H groups in total. The molecule has 3 aromatic rings. The molecular formula is C20H22N4O2S. The van der Waals surface area contributed by atoms with Crippen LogP contribution in [0.5, 0.6) is 0 Å². The van der Waals surface area contributed by atoms with Gasteiger partial charge in [0.1, 0.15) is 0 Å². The Labute approximate surface area is 162 Å². The number of rotatable bonds is 5. The van der Waals surface area contributed by atoms with Gasteiger partial charge in [0, 0.05) is 11.6 Å². The summed E-state index contributed by atoms with van der Waals surface area (Å²) in [5.74, 6) is 1.42. The van der Waals surface area contributed by atoms with Crippen LogP contribution in [0.1, 0.15) is 31.7 Å². The van der Waals surface area contributed by atoms with Gasteiger partial charge in [-0.25, -0.2) is 0 Å². The normalized spacial score (nSPS) is 16.9. The Morgan fingerprint density at radius 1 is 1.22 bits per heavy atom. The van der Waals surface area contributed by atoms with Crippen molar-refractivity contribution in [1.82, 2.24) is 15.0 Å². The molecule has 1 aliphatic rings. The zero-order chi connectivity index (χ0) is 18.6. The molecule has 0 aliphatic carbocycles. The molecule has 0 spiro atoms. The van der Waals surface area contributed by atoms with Crippen LogP contribution < -0.4 is 5.32 Å². The predicted octanol–water partition coefficient (Wildman–Crippen LogP) is 4.21. The van der Waals surface area contributed by atoms with Gasteiger partial charge in [-0.1, -0.05) is 29.4 Å². The number of amides is 1. The minimum absolute atomic E-state index is 0.0398. The summed E-state index contributed by atoms with van der Waals surface area (Å²) in [5.41, 5.74) is 0.852. The fourth-order valence-corrected chi connectivity index (χ4v) is 4.03. The molecule has 0 bridgehead atoms. The lowest BCUT2D eigenvalue weighted by atomic mass is 9.95. The Morgan fingerprint density at radius 2 is 2.00 bits per heavy atom. The number of carbonyl (C=O) groups excluding carboxylic acids is 1. The maximum atomic E-state index is 12.5. The second kappa shape index (κ2) is 8.02. The van der Waals surface area contributed by atoms with Crippen molar-refractivity contribution in [3.05, 3.63) is 53.7 Å². The van der Waals surface area contributed by atoms with Crippen LogP contribution in [0, 0.1) is 5.92 Å². The molecule has 1 saturated heterocycles. The van der Waals surface area contributed by atoms with Crippen LogP contribution in [0.15, 0.2) is 52.4 Å². The van der Waals surface area contributed by atoms with Crippen LogP contribution in [-0.4, -0.2) is 34.0 Å². The van der Waals surface area contributed by atoms with Gasteiger partial charge < -0.3 is 9.84 Å². The summed E-state index contributed by atoms with van der Waals surface area (Å²) in [4.78, 5) is 20.3. The third kappa shape index (κ3) is 4.09. The van der Waals surface area contributed by atoms with Gasteiger partial charge in [-0.15, -0.1) is 11.3 Å². The fraction of sp³-hybridized carbons (Fsp3) is 0.350. The predicted molar refractivity (Wildman–Crippen MR) is 105 cm³/mol. The maximum absolute atomic E-state index is 12.5. The molecular weight excluding hydrogens is 360 g/mol. The van der Waals surface area contributed by atoms with E-state index in [-0.39, 0.29) is 17.9 Å². The number of anilines is 1. The van der Waals surface area contributed by atoms with Crippen molar-refractivity contribution in [2.24, 2.45) is 5.92 Å². The van der Waals surface area contributed by atoms with E-state index in [9.17, 15) is 4.79 Å². The number of thiophene rings is 1. The summed E-state index contributed by atoms with van der Waals surface area (Å²) in [7, 11) is 0. The van der Waals surface area contributed by atoms with Crippen LogP contribution in [0.25, 0.3) is 10.7 Å².